The Bertz CT molecular complexity index is 598. The van der Waals surface area contributed by atoms with E-state index in [4.69, 9.17) is 0 Å². The summed E-state index contributed by atoms with van der Waals surface area (Å²) in [6.07, 6.45) is 1.85. The van der Waals surface area contributed by atoms with Gasteiger partial charge < -0.3 is 10.4 Å². The van der Waals surface area contributed by atoms with E-state index in [1.807, 2.05) is 6.07 Å². The Balaban J connectivity index is 1.94. The molecule has 1 fully saturated rings. The van der Waals surface area contributed by atoms with Crippen LogP contribution in [-0.4, -0.2) is 11.2 Å². The van der Waals surface area contributed by atoms with Crippen molar-refractivity contribution in [3.63, 3.8) is 0 Å². The number of piperidine rings is 1. The van der Waals surface area contributed by atoms with E-state index < -0.39 is 0 Å². The molecule has 1 saturated heterocycles. The van der Waals surface area contributed by atoms with Crippen molar-refractivity contribution in [2.24, 2.45) is 11.8 Å². The largest absolute Gasteiger partial charge is 0.392 e. The fraction of sp³-hybridized carbons (Fsp3) is 0.429. The molecule has 1 heterocycles. The van der Waals surface area contributed by atoms with Gasteiger partial charge in [0.05, 0.1) is 6.10 Å². The molecule has 2 heteroatoms. The molecule has 2 aromatic rings. The lowest BCUT2D eigenvalue weighted by molar-refractivity contribution is -0.0184. The smallest absolute Gasteiger partial charge is 0.0630 e. The Hall–Kier alpha value is -1.64. The van der Waals surface area contributed by atoms with Crippen molar-refractivity contribution in [1.29, 1.82) is 0 Å². The Morgan fingerprint density at radius 1 is 0.870 bits per heavy atom. The first-order valence-corrected chi connectivity index (χ1v) is 8.76. The van der Waals surface area contributed by atoms with Gasteiger partial charge in [0.1, 0.15) is 0 Å². The highest BCUT2D eigenvalue weighted by Crippen LogP contribution is 2.42. The maximum atomic E-state index is 11.0. The lowest BCUT2D eigenvalue weighted by Crippen LogP contribution is -2.49. The van der Waals surface area contributed by atoms with E-state index >= 15 is 0 Å². The number of aliphatic hydroxyl groups is 1. The van der Waals surface area contributed by atoms with Crippen LogP contribution in [0.1, 0.15) is 49.9 Å². The van der Waals surface area contributed by atoms with E-state index in [1.54, 1.807) is 0 Å². The molecular formula is C21H27NO. The summed E-state index contributed by atoms with van der Waals surface area (Å²) in [7, 11) is 0. The van der Waals surface area contributed by atoms with Crippen molar-refractivity contribution < 1.29 is 5.11 Å². The lowest BCUT2D eigenvalue weighted by Gasteiger charge is -2.45. The molecule has 0 amide bonds. The Kier molecular flexibility index (Phi) is 5.14. The molecular weight excluding hydrogens is 282 g/mol. The summed E-state index contributed by atoms with van der Waals surface area (Å²) in [5.74, 6) is 0.464. The van der Waals surface area contributed by atoms with E-state index in [0.717, 1.165) is 12.8 Å². The minimum absolute atomic E-state index is 0.185. The summed E-state index contributed by atoms with van der Waals surface area (Å²) in [6, 6.07) is 21.5. The van der Waals surface area contributed by atoms with Gasteiger partial charge in [-0.2, -0.15) is 0 Å². The molecule has 5 atom stereocenters. The van der Waals surface area contributed by atoms with Gasteiger partial charge in [-0.3, -0.25) is 0 Å². The van der Waals surface area contributed by atoms with E-state index in [9.17, 15) is 5.11 Å². The zero-order valence-corrected chi connectivity index (χ0v) is 14.0. The predicted octanol–water partition coefficient (Wildman–Crippen LogP) is 4.49. The summed E-state index contributed by atoms with van der Waals surface area (Å²) in [4.78, 5) is 0. The average molecular weight is 309 g/mol. The second-order valence-corrected chi connectivity index (χ2v) is 6.75. The highest BCUT2D eigenvalue weighted by molar-refractivity contribution is 5.26. The molecule has 0 radical (unpaired) electrons. The van der Waals surface area contributed by atoms with Crippen LogP contribution in [0, 0.1) is 11.8 Å². The van der Waals surface area contributed by atoms with Crippen LogP contribution in [0.2, 0.25) is 0 Å². The molecule has 1 aliphatic heterocycles. The maximum absolute atomic E-state index is 11.0. The first kappa shape index (κ1) is 16.2. The van der Waals surface area contributed by atoms with Gasteiger partial charge in [0.25, 0.3) is 0 Å². The SMILES string of the molecule is CCC[C@H]1[C@H](O)[C@H](C)[C@@H](c2ccccc2)N[C@H]1c1ccccc1. The second kappa shape index (κ2) is 7.29. The summed E-state index contributed by atoms with van der Waals surface area (Å²) >= 11 is 0. The van der Waals surface area contributed by atoms with Crippen LogP contribution >= 0.6 is 0 Å². The van der Waals surface area contributed by atoms with E-state index in [0.29, 0.717) is 0 Å². The molecule has 0 spiro atoms. The van der Waals surface area contributed by atoms with Crippen molar-refractivity contribution in [1.82, 2.24) is 5.32 Å². The van der Waals surface area contributed by atoms with E-state index in [2.05, 4.69) is 73.8 Å². The van der Waals surface area contributed by atoms with Crippen molar-refractivity contribution in [2.75, 3.05) is 0 Å². The molecule has 3 rings (SSSR count). The van der Waals surface area contributed by atoms with Crippen molar-refractivity contribution in [2.45, 2.75) is 44.9 Å². The number of hydrogen-bond donors (Lipinski definition) is 2. The predicted molar refractivity (Wildman–Crippen MR) is 95.1 cm³/mol. The van der Waals surface area contributed by atoms with Crippen molar-refractivity contribution in [3.05, 3.63) is 71.8 Å². The van der Waals surface area contributed by atoms with Gasteiger partial charge in [0, 0.05) is 23.9 Å². The van der Waals surface area contributed by atoms with Gasteiger partial charge in [0.2, 0.25) is 0 Å². The highest BCUT2D eigenvalue weighted by atomic mass is 16.3. The standard InChI is InChI=1S/C21H27NO/c1-3-10-18-20(17-13-8-5-9-14-17)22-19(15(2)21(18)23)16-11-6-4-7-12-16/h4-9,11-15,18-23H,3,10H2,1-2H3/t15-,18-,19+,20+,21-/m1/s1. The zero-order chi connectivity index (χ0) is 16.2. The normalized spacial score (nSPS) is 31.0. The minimum Gasteiger partial charge on any atom is -0.392 e. The van der Waals surface area contributed by atoms with Crippen molar-refractivity contribution in [3.8, 4) is 0 Å². The van der Waals surface area contributed by atoms with Gasteiger partial charge in [-0.1, -0.05) is 80.9 Å². The highest BCUT2D eigenvalue weighted by Gasteiger charge is 2.41. The number of benzene rings is 2. The third kappa shape index (κ3) is 3.34. The quantitative estimate of drug-likeness (QED) is 0.872. The van der Waals surface area contributed by atoms with E-state index in [1.165, 1.54) is 11.1 Å². The Morgan fingerprint density at radius 3 is 1.91 bits per heavy atom. The summed E-state index contributed by atoms with van der Waals surface area (Å²) in [5.41, 5.74) is 2.53. The Morgan fingerprint density at radius 2 is 1.39 bits per heavy atom. The topological polar surface area (TPSA) is 32.3 Å². The maximum Gasteiger partial charge on any atom is 0.0630 e. The minimum atomic E-state index is -0.286. The van der Waals surface area contributed by atoms with Gasteiger partial charge in [-0.15, -0.1) is 0 Å². The van der Waals surface area contributed by atoms with Gasteiger partial charge in [0.15, 0.2) is 0 Å². The molecule has 1 aliphatic rings. The van der Waals surface area contributed by atoms with Gasteiger partial charge in [-0.05, 0) is 17.5 Å². The average Bonchev–Trinajstić information content (AvgIpc) is 2.61. The molecule has 2 N–H and O–H groups in total. The summed E-state index contributed by atoms with van der Waals surface area (Å²) in [5, 5.41) is 14.8. The monoisotopic (exact) mass is 309 g/mol. The molecule has 2 aromatic carbocycles. The van der Waals surface area contributed by atoms with E-state index in [-0.39, 0.29) is 30.0 Å². The number of hydrogen-bond acceptors (Lipinski definition) is 2. The van der Waals surface area contributed by atoms with Crippen LogP contribution in [-0.2, 0) is 0 Å². The Labute approximate surface area is 139 Å². The first-order chi connectivity index (χ1) is 11.2. The van der Waals surface area contributed by atoms with Crippen LogP contribution in [0.5, 0.6) is 0 Å². The van der Waals surface area contributed by atoms with Crippen LogP contribution < -0.4 is 5.32 Å². The fourth-order valence-electron chi connectivity index (χ4n) is 3.99. The van der Waals surface area contributed by atoms with Crippen LogP contribution in [0.4, 0.5) is 0 Å². The first-order valence-electron chi connectivity index (χ1n) is 8.76. The molecule has 2 nitrogen and oxygen atoms in total. The molecule has 23 heavy (non-hydrogen) atoms. The summed E-state index contributed by atoms with van der Waals surface area (Å²) in [6.45, 7) is 4.36. The molecule has 0 aliphatic carbocycles. The number of rotatable bonds is 4. The molecule has 0 bridgehead atoms. The third-order valence-electron chi connectivity index (χ3n) is 5.23. The van der Waals surface area contributed by atoms with Crippen LogP contribution in [0.3, 0.4) is 0 Å². The fourth-order valence-corrected chi connectivity index (χ4v) is 3.99. The van der Waals surface area contributed by atoms with Gasteiger partial charge >= 0.3 is 0 Å². The van der Waals surface area contributed by atoms with Crippen LogP contribution in [0.15, 0.2) is 60.7 Å². The molecule has 0 aromatic heterocycles. The third-order valence-corrected chi connectivity index (χ3v) is 5.23. The molecule has 122 valence electrons. The number of nitrogens with one attached hydrogen (secondary N) is 1. The molecule has 0 unspecified atom stereocenters. The van der Waals surface area contributed by atoms with Gasteiger partial charge in [-0.25, -0.2) is 0 Å². The lowest BCUT2D eigenvalue weighted by atomic mass is 9.72. The molecule has 0 saturated carbocycles. The van der Waals surface area contributed by atoms with Crippen LogP contribution in [0.25, 0.3) is 0 Å². The number of aliphatic hydroxyl groups excluding tert-OH is 1. The summed E-state index contributed by atoms with van der Waals surface area (Å²) < 4.78 is 0. The second-order valence-electron chi connectivity index (χ2n) is 6.75. The van der Waals surface area contributed by atoms with Crippen molar-refractivity contribution >= 4 is 0 Å². The zero-order valence-electron chi connectivity index (χ0n) is 14.0.